The van der Waals surface area contributed by atoms with E-state index in [1.54, 1.807) is 6.07 Å². The van der Waals surface area contributed by atoms with E-state index in [0.717, 1.165) is 26.1 Å². The predicted molar refractivity (Wildman–Crippen MR) is 68.9 cm³/mol. The van der Waals surface area contributed by atoms with Gasteiger partial charge in [0.25, 0.3) is 0 Å². The average Bonchev–Trinajstić information content (AvgIpc) is 2.88. The smallest absolute Gasteiger partial charge is 0.490 e. The minimum atomic E-state index is -4.70. The lowest BCUT2D eigenvalue weighted by molar-refractivity contribution is -0.275. The van der Waals surface area contributed by atoms with E-state index in [1.165, 1.54) is 31.0 Å². The minimum absolute atomic E-state index is 0.131. The third-order valence-electron chi connectivity index (χ3n) is 3.15. The number of hydrogen-bond acceptors (Lipinski definition) is 3. The zero-order valence-corrected chi connectivity index (χ0v) is 11.2. The molecule has 0 atom stereocenters. The number of benzene rings is 1. The largest absolute Gasteiger partial charge is 0.573 e. The van der Waals surface area contributed by atoms with Gasteiger partial charge in [-0.2, -0.15) is 0 Å². The van der Waals surface area contributed by atoms with Gasteiger partial charge in [-0.15, -0.1) is 13.2 Å². The number of hydrogen-bond donors (Lipinski definition) is 0. The first-order valence-corrected chi connectivity index (χ1v) is 6.74. The summed E-state index contributed by atoms with van der Waals surface area (Å²) in [5.74, 6) is -0.160. The molecule has 1 heterocycles. The van der Waals surface area contributed by atoms with Crippen molar-refractivity contribution in [1.29, 1.82) is 0 Å². The molecule has 2 rings (SSSR count). The Morgan fingerprint density at radius 1 is 1.05 bits per heavy atom. The van der Waals surface area contributed by atoms with Gasteiger partial charge in [0.15, 0.2) is 11.5 Å². The molecule has 0 bridgehead atoms. The summed E-state index contributed by atoms with van der Waals surface area (Å²) in [5, 5.41) is 0. The molecule has 0 aromatic heterocycles. The Balaban J connectivity index is 1.79. The second-order valence-electron chi connectivity index (χ2n) is 4.75. The topological polar surface area (TPSA) is 21.7 Å². The van der Waals surface area contributed by atoms with Gasteiger partial charge >= 0.3 is 6.36 Å². The molecule has 0 radical (unpaired) electrons. The number of rotatable bonds is 6. The summed E-state index contributed by atoms with van der Waals surface area (Å²) in [6.45, 7) is 3.51. The summed E-state index contributed by atoms with van der Waals surface area (Å²) in [6, 6.07) is 5.84. The molecule has 0 aliphatic carbocycles. The Morgan fingerprint density at radius 2 is 1.70 bits per heavy atom. The van der Waals surface area contributed by atoms with Gasteiger partial charge in [0.2, 0.25) is 0 Å². The molecule has 0 unspecified atom stereocenters. The Hall–Kier alpha value is -1.43. The van der Waals surface area contributed by atoms with Gasteiger partial charge in [-0.1, -0.05) is 12.1 Å². The number of halogens is 3. The van der Waals surface area contributed by atoms with E-state index in [0.29, 0.717) is 6.61 Å². The fraction of sp³-hybridized carbons (Fsp3) is 0.571. The van der Waals surface area contributed by atoms with Crippen molar-refractivity contribution in [3.63, 3.8) is 0 Å². The highest BCUT2D eigenvalue weighted by Gasteiger charge is 2.32. The Kier molecular flexibility index (Phi) is 5.11. The molecule has 1 saturated heterocycles. The molecule has 1 aliphatic heterocycles. The average molecular weight is 289 g/mol. The van der Waals surface area contributed by atoms with Crippen LogP contribution in [0.4, 0.5) is 13.2 Å². The molecule has 6 heteroatoms. The van der Waals surface area contributed by atoms with Crippen LogP contribution in [0, 0.1) is 0 Å². The third kappa shape index (κ3) is 4.92. The standard InChI is InChI=1S/C14H18F3NO2/c15-14(16,17)20-13-7-2-1-6-12(13)19-11-5-10-18-8-3-4-9-18/h1-2,6-7H,3-5,8-11H2. The van der Waals surface area contributed by atoms with Gasteiger partial charge in [0.05, 0.1) is 6.61 Å². The highest BCUT2D eigenvalue weighted by molar-refractivity contribution is 5.39. The minimum Gasteiger partial charge on any atom is -0.490 e. The molecule has 3 nitrogen and oxygen atoms in total. The van der Waals surface area contributed by atoms with Gasteiger partial charge in [-0.3, -0.25) is 0 Å². The summed E-state index contributed by atoms with van der Waals surface area (Å²) < 4.78 is 46.0. The highest BCUT2D eigenvalue weighted by Crippen LogP contribution is 2.31. The second kappa shape index (κ2) is 6.83. The van der Waals surface area contributed by atoms with Crippen LogP contribution in [0.15, 0.2) is 24.3 Å². The van der Waals surface area contributed by atoms with Gasteiger partial charge in [0.1, 0.15) is 0 Å². The quantitative estimate of drug-likeness (QED) is 0.749. The van der Waals surface area contributed by atoms with Crippen molar-refractivity contribution < 1.29 is 22.6 Å². The Morgan fingerprint density at radius 3 is 2.35 bits per heavy atom. The summed E-state index contributed by atoms with van der Waals surface area (Å²) in [4.78, 5) is 2.33. The molecule has 0 saturated carbocycles. The van der Waals surface area contributed by atoms with Crippen LogP contribution in [-0.4, -0.2) is 37.5 Å². The molecule has 1 aromatic rings. The molecular formula is C14H18F3NO2. The summed E-state index contributed by atoms with van der Waals surface area (Å²) in [7, 11) is 0. The van der Waals surface area contributed by atoms with Crippen molar-refractivity contribution in [2.75, 3.05) is 26.2 Å². The zero-order valence-electron chi connectivity index (χ0n) is 11.2. The molecule has 1 aliphatic rings. The van der Waals surface area contributed by atoms with Crippen LogP contribution in [0.1, 0.15) is 19.3 Å². The molecular weight excluding hydrogens is 271 g/mol. The molecule has 0 N–H and O–H groups in total. The van der Waals surface area contributed by atoms with Crippen LogP contribution >= 0.6 is 0 Å². The maximum atomic E-state index is 12.2. The maximum absolute atomic E-state index is 12.2. The molecule has 112 valence electrons. The van der Waals surface area contributed by atoms with Crippen LogP contribution in [-0.2, 0) is 0 Å². The van der Waals surface area contributed by atoms with Crippen LogP contribution in [0.25, 0.3) is 0 Å². The molecule has 0 amide bonds. The van der Waals surface area contributed by atoms with Crippen LogP contribution in [0.3, 0.4) is 0 Å². The summed E-state index contributed by atoms with van der Waals surface area (Å²) in [6.07, 6.45) is -1.46. The van der Waals surface area contributed by atoms with Crippen molar-refractivity contribution in [3.8, 4) is 11.5 Å². The number of alkyl halides is 3. The van der Waals surface area contributed by atoms with E-state index in [4.69, 9.17) is 4.74 Å². The third-order valence-corrected chi connectivity index (χ3v) is 3.15. The molecule has 1 aromatic carbocycles. The number of para-hydroxylation sites is 2. The summed E-state index contributed by atoms with van der Waals surface area (Å²) >= 11 is 0. The monoisotopic (exact) mass is 289 g/mol. The van der Waals surface area contributed by atoms with Crippen molar-refractivity contribution in [3.05, 3.63) is 24.3 Å². The zero-order chi connectivity index (χ0) is 14.4. The SMILES string of the molecule is FC(F)(F)Oc1ccccc1OCCCN1CCCC1. The van der Waals surface area contributed by atoms with E-state index in [9.17, 15) is 13.2 Å². The van der Waals surface area contributed by atoms with E-state index in [-0.39, 0.29) is 11.5 Å². The first-order chi connectivity index (χ1) is 9.54. The van der Waals surface area contributed by atoms with Gasteiger partial charge in [-0.05, 0) is 44.5 Å². The van der Waals surface area contributed by atoms with Crippen molar-refractivity contribution in [2.24, 2.45) is 0 Å². The maximum Gasteiger partial charge on any atom is 0.573 e. The first kappa shape index (κ1) is 15.0. The van der Waals surface area contributed by atoms with Crippen molar-refractivity contribution in [2.45, 2.75) is 25.6 Å². The lowest BCUT2D eigenvalue weighted by Crippen LogP contribution is -2.22. The lowest BCUT2D eigenvalue weighted by Gasteiger charge is -2.16. The fourth-order valence-corrected chi connectivity index (χ4v) is 2.25. The number of likely N-dealkylation sites (tertiary alicyclic amines) is 1. The van der Waals surface area contributed by atoms with Crippen molar-refractivity contribution in [1.82, 2.24) is 4.90 Å². The molecule has 20 heavy (non-hydrogen) atoms. The normalized spacial score (nSPS) is 16.4. The van der Waals surface area contributed by atoms with Gasteiger partial charge in [0, 0.05) is 6.54 Å². The van der Waals surface area contributed by atoms with Crippen LogP contribution in [0.5, 0.6) is 11.5 Å². The highest BCUT2D eigenvalue weighted by atomic mass is 19.4. The lowest BCUT2D eigenvalue weighted by atomic mass is 10.3. The second-order valence-corrected chi connectivity index (χ2v) is 4.75. The van der Waals surface area contributed by atoms with Crippen LogP contribution in [0.2, 0.25) is 0 Å². The first-order valence-electron chi connectivity index (χ1n) is 6.74. The van der Waals surface area contributed by atoms with E-state index >= 15 is 0 Å². The fourth-order valence-electron chi connectivity index (χ4n) is 2.25. The van der Waals surface area contributed by atoms with Gasteiger partial charge in [-0.25, -0.2) is 0 Å². The molecule has 1 fully saturated rings. The summed E-state index contributed by atoms with van der Waals surface area (Å²) in [5.41, 5.74) is 0. The van der Waals surface area contributed by atoms with E-state index in [2.05, 4.69) is 9.64 Å². The number of ether oxygens (including phenoxy) is 2. The Bertz CT molecular complexity index is 417. The number of nitrogens with zero attached hydrogens (tertiary/aromatic N) is 1. The van der Waals surface area contributed by atoms with Gasteiger partial charge < -0.3 is 14.4 Å². The molecule has 0 spiro atoms. The van der Waals surface area contributed by atoms with E-state index in [1.807, 2.05) is 0 Å². The van der Waals surface area contributed by atoms with Crippen LogP contribution < -0.4 is 9.47 Å². The van der Waals surface area contributed by atoms with Crippen molar-refractivity contribution >= 4 is 0 Å². The van der Waals surface area contributed by atoms with E-state index < -0.39 is 6.36 Å². The predicted octanol–water partition coefficient (Wildman–Crippen LogP) is 3.45. The Labute approximate surface area is 116 Å².